The van der Waals surface area contributed by atoms with Crippen LogP contribution in [0, 0.1) is 0 Å². The Morgan fingerprint density at radius 1 is 1.32 bits per heavy atom. The van der Waals surface area contributed by atoms with Crippen molar-refractivity contribution in [3.8, 4) is 5.75 Å². The lowest BCUT2D eigenvalue weighted by molar-refractivity contribution is 0.226. The predicted molar refractivity (Wildman–Crippen MR) is 77.9 cm³/mol. The van der Waals surface area contributed by atoms with E-state index in [-0.39, 0.29) is 0 Å². The van der Waals surface area contributed by atoms with Crippen molar-refractivity contribution in [2.45, 2.75) is 19.4 Å². The Morgan fingerprint density at radius 2 is 2.11 bits per heavy atom. The van der Waals surface area contributed by atoms with E-state index < -0.39 is 0 Å². The number of hydrogen-bond acceptors (Lipinski definition) is 4. The summed E-state index contributed by atoms with van der Waals surface area (Å²) in [5.41, 5.74) is 2.35. The minimum Gasteiger partial charge on any atom is -0.508 e. The Kier molecular flexibility index (Phi) is 3.62. The molecule has 0 spiro atoms. The highest BCUT2D eigenvalue weighted by molar-refractivity contribution is 5.64. The molecule has 19 heavy (non-hydrogen) atoms. The maximum absolute atomic E-state index is 10.0. The molecule has 2 heterocycles. The molecule has 1 fully saturated rings. The van der Waals surface area contributed by atoms with Gasteiger partial charge in [0.1, 0.15) is 5.75 Å². The first-order chi connectivity index (χ1) is 9.29. The van der Waals surface area contributed by atoms with Gasteiger partial charge < -0.3 is 15.3 Å². The molecule has 2 aliphatic heterocycles. The van der Waals surface area contributed by atoms with Gasteiger partial charge in [0, 0.05) is 56.6 Å². The number of nitrogens with zero attached hydrogens (tertiary/aromatic N) is 2. The van der Waals surface area contributed by atoms with Gasteiger partial charge in [0.25, 0.3) is 0 Å². The van der Waals surface area contributed by atoms with E-state index in [9.17, 15) is 5.11 Å². The number of rotatable bonds is 3. The first-order valence-electron chi connectivity index (χ1n) is 7.30. The van der Waals surface area contributed by atoms with Crippen LogP contribution in [0.25, 0.3) is 0 Å². The maximum atomic E-state index is 10.0. The summed E-state index contributed by atoms with van der Waals surface area (Å²) in [6.07, 6.45) is 0.972. The lowest BCUT2D eigenvalue weighted by Gasteiger charge is -2.34. The van der Waals surface area contributed by atoms with Crippen molar-refractivity contribution in [2.24, 2.45) is 0 Å². The molecule has 2 aliphatic rings. The number of fused-ring (bicyclic) bond motifs is 1. The zero-order chi connectivity index (χ0) is 13.2. The summed E-state index contributed by atoms with van der Waals surface area (Å²) in [6, 6.07) is 6.40. The molecule has 1 aromatic carbocycles. The van der Waals surface area contributed by atoms with Crippen LogP contribution in [-0.2, 0) is 6.42 Å². The van der Waals surface area contributed by atoms with Crippen LogP contribution in [0.3, 0.4) is 0 Å². The van der Waals surface area contributed by atoms with Gasteiger partial charge in [-0.05, 0) is 25.5 Å². The molecule has 2 N–H and O–H groups in total. The van der Waals surface area contributed by atoms with Gasteiger partial charge in [0.15, 0.2) is 0 Å². The van der Waals surface area contributed by atoms with Gasteiger partial charge in [0.2, 0.25) is 0 Å². The topological polar surface area (TPSA) is 38.7 Å². The average molecular weight is 261 g/mol. The van der Waals surface area contributed by atoms with E-state index in [0.29, 0.717) is 11.8 Å². The van der Waals surface area contributed by atoms with Crippen LogP contribution in [0.5, 0.6) is 5.75 Å². The van der Waals surface area contributed by atoms with Gasteiger partial charge in [0.05, 0.1) is 0 Å². The second kappa shape index (κ2) is 5.39. The smallest absolute Gasteiger partial charge is 0.120 e. The van der Waals surface area contributed by atoms with Crippen LogP contribution in [0.1, 0.15) is 12.5 Å². The van der Waals surface area contributed by atoms with Crippen LogP contribution >= 0.6 is 0 Å². The maximum Gasteiger partial charge on any atom is 0.120 e. The molecule has 0 radical (unpaired) electrons. The fourth-order valence-corrected chi connectivity index (χ4v) is 3.37. The molecule has 0 saturated carbocycles. The Bertz CT molecular complexity index is 443. The second-order valence-electron chi connectivity index (χ2n) is 5.47. The van der Waals surface area contributed by atoms with Crippen molar-refractivity contribution in [1.82, 2.24) is 10.2 Å². The number of nitrogens with one attached hydrogen (secondary N) is 1. The Morgan fingerprint density at radius 3 is 2.84 bits per heavy atom. The lowest BCUT2D eigenvalue weighted by Crippen LogP contribution is -2.49. The molecule has 4 nitrogen and oxygen atoms in total. The Labute approximate surface area is 115 Å². The van der Waals surface area contributed by atoms with Crippen molar-refractivity contribution in [3.63, 3.8) is 0 Å². The number of aromatic hydroxyl groups is 1. The molecule has 1 atom stereocenters. The molecule has 1 saturated heterocycles. The molecule has 1 aromatic rings. The van der Waals surface area contributed by atoms with Crippen LogP contribution in [-0.4, -0.2) is 55.3 Å². The summed E-state index contributed by atoms with van der Waals surface area (Å²) in [6.45, 7) is 8.77. The van der Waals surface area contributed by atoms with Crippen molar-refractivity contribution in [2.75, 3.05) is 44.2 Å². The summed E-state index contributed by atoms with van der Waals surface area (Å²) < 4.78 is 0. The van der Waals surface area contributed by atoms with Gasteiger partial charge >= 0.3 is 0 Å². The molecular formula is C15H23N3O. The van der Waals surface area contributed by atoms with Gasteiger partial charge in [-0.25, -0.2) is 0 Å². The molecule has 0 aliphatic carbocycles. The minimum atomic E-state index is 0.457. The fraction of sp³-hybridized carbons (Fsp3) is 0.600. The van der Waals surface area contributed by atoms with Crippen molar-refractivity contribution in [3.05, 3.63) is 23.8 Å². The quantitative estimate of drug-likeness (QED) is 0.853. The number of phenols is 1. The minimum absolute atomic E-state index is 0.457. The molecule has 3 rings (SSSR count). The Balaban J connectivity index is 1.75. The molecule has 104 valence electrons. The van der Waals surface area contributed by atoms with Gasteiger partial charge in [-0.3, -0.25) is 4.90 Å². The van der Waals surface area contributed by atoms with Crippen LogP contribution in [0.4, 0.5) is 5.69 Å². The zero-order valence-electron chi connectivity index (χ0n) is 11.6. The molecule has 0 bridgehead atoms. The summed E-state index contributed by atoms with van der Waals surface area (Å²) in [5, 5.41) is 13.4. The fourth-order valence-electron chi connectivity index (χ4n) is 3.37. The van der Waals surface area contributed by atoms with Gasteiger partial charge in [-0.15, -0.1) is 0 Å². The largest absolute Gasteiger partial charge is 0.508 e. The second-order valence-corrected chi connectivity index (χ2v) is 5.47. The predicted octanol–water partition coefficient (Wildman–Crippen LogP) is 1.05. The van der Waals surface area contributed by atoms with E-state index in [2.05, 4.69) is 28.1 Å². The van der Waals surface area contributed by atoms with Gasteiger partial charge in [-0.1, -0.05) is 6.07 Å². The standard InChI is InChI=1S/C15H23N3O/c1-2-18-12(11-17-8-6-16-7-9-17)10-13-14(18)4-3-5-15(13)19/h3-5,12,16,19H,2,6-11H2,1H3. The molecular weight excluding hydrogens is 238 g/mol. The number of benzene rings is 1. The van der Waals surface area contributed by atoms with Crippen molar-refractivity contribution in [1.29, 1.82) is 0 Å². The summed E-state index contributed by atoms with van der Waals surface area (Å²) in [5.74, 6) is 0.457. The highest BCUT2D eigenvalue weighted by Crippen LogP contribution is 2.37. The summed E-state index contributed by atoms with van der Waals surface area (Å²) in [7, 11) is 0. The zero-order valence-corrected chi connectivity index (χ0v) is 11.6. The third-order valence-electron chi connectivity index (χ3n) is 4.34. The highest BCUT2D eigenvalue weighted by Gasteiger charge is 2.31. The van der Waals surface area contributed by atoms with Crippen molar-refractivity contribution < 1.29 is 5.11 Å². The van der Waals surface area contributed by atoms with E-state index in [1.165, 1.54) is 5.69 Å². The van der Waals surface area contributed by atoms with Crippen LogP contribution in [0.15, 0.2) is 18.2 Å². The van der Waals surface area contributed by atoms with E-state index in [4.69, 9.17) is 0 Å². The first-order valence-corrected chi connectivity index (χ1v) is 7.30. The number of hydrogen-bond donors (Lipinski definition) is 2. The van der Waals surface area contributed by atoms with Gasteiger partial charge in [-0.2, -0.15) is 0 Å². The summed E-state index contributed by atoms with van der Waals surface area (Å²) in [4.78, 5) is 4.98. The SMILES string of the molecule is CCN1c2cccc(O)c2CC1CN1CCNCC1. The van der Waals surface area contributed by atoms with Crippen LogP contribution in [0.2, 0.25) is 0 Å². The third-order valence-corrected chi connectivity index (χ3v) is 4.34. The number of anilines is 1. The molecule has 4 heteroatoms. The van der Waals surface area contributed by atoms with E-state index in [1.807, 2.05) is 6.07 Å². The third kappa shape index (κ3) is 2.42. The van der Waals surface area contributed by atoms with E-state index in [0.717, 1.165) is 51.3 Å². The average Bonchev–Trinajstić information content (AvgIpc) is 2.79. The molecule has 0 amide bonds. The lowest BCUT2D eigenvalue weighted by atomic mass is 10.1. The van der Waals surface area contributed by atoms with E-state index >= 15 is 0 Å². The Hall–Kier alpha value is -1.26. The molecule has 0 aromatic heterocycles. The molecule has 1 unspecified atom stereocenters. The normalized spacial score (nSPS) is 23.6. The number of phenolic OH excluding ortho intramolecular Hbond substituents is 1. The number of likely N-dealkylation sites (N-methyl/N-ethyl adjacent to an activating group) is 1. The van der Waals surface area contributed by atoms with Crippen molar-refractivity contribution >= 4 is 5.69 Å². The highest BCUT2D eigenvalue weighted by atomic mass is 16.3. The monoisotopic (exact) mass is 261 g/mol. The van der Waals surface area contributed by atoms with Crippen LogP contribution < -0.4 is 10.2 Å². The first kappa shape index (κ1) is 12.8. The van der Waals surface area contributed by atoms with E-state index in [1.54, 1.807) is 6.07 Å². The number of piperazine rings is 1. The summed E-state index contributed by atoms with van der Waals surface area (Å²) >= 11 is 0.